The minimum Gasteiger partial charge on any atom is -0.494 e. The van der Waals surface area contributed by atoms with Gasteiger partial charge in [0.15, 0.2) is 0 Å². The van der Waals surface area contributed by atoms with E-state index in [1.54, 1.807) is 24.3 Å². The van der Waals surface area contributed by atoms with Crippen molar-refractivity contribution in [3.63, 3.8) is 0 Å². The molecule has 0 aliphatic carbocycles. The fraction of sp³-hybridized carbons (Fsp3) is 0.212. The topological polar surface area (TPSA) is 156 Å². The van der Waals surface area contributed by atoms with Crippen molar-refractivity contribution in [1.29, 1.82) is 0 Å². The first-order valence-electron chi connectivity index (χ1n) is 14.4. The van der Waals surface area contributed by atoms with E-state index in [-0.39, 0.29) is 12.6 Å². The molecule has 0 fully saturated rings. The van der Waals surface area contributed by atoms with Gasteiger partial charge in [0.05, 0.1) is 24.7 Å². The largest absolute Gasteiger partial charge is 0.494 e. The average Bonchev–Trinajstić information content (AvgIpc) is 3.04. The molecule has 5 rings (SSSR count). The van der Waals surface area contributed by atoms with Crippen LogP contribution in [0.5, 0.6) is 17.5 Å². The maximum Gasteiger partial charge on any atom is 0.326 e. The molecule has 13 heteroatoms. The molecule has 0 atom stereocenters. The molecule has 4 aromatic carbocycles. The molecule has 12 nitrogen and oxygen atoms in total. The number of ether oxygens (including phenoxy) is 2. The lowest BCUT2D eigenvalue weighted by molar-refractivity contribution is 0.249. The van der Waals surface area contributed by atoms with Crippen LogP contribution in [-0.4, -0.2) is 49.3 Å². The van der Waals surface area contributed by atoms with Crippen LogP contribution in [0.2, 0.25) is 0 Å². The molecule has 0 radical (unpaired) electrons. The summed E-state index contributed by atoms with van der Waals surface area (Å²) in [4.78, 5) is 25.9. The molecule has 0 saturated carbocycles. The Balaban J connectivity index is 1.28. The number of sulfonamides is 1. The first-order chi connectivity index (χ1) is 22.0. The van der Waals surface area contributed by atoms with Crippen molar-refractivity contribution in [3.8, 4) is 17.5 Å². The summed E-state index contributed by atoms with van der Waals surface area (Å²) in [6.45, 7) is 4.64. The molecule has 46 heavy (non-hydrogen) atoms. The molecular formula is C33H35N7O5S. The molecule has 2 amide bonds. The number of nitrogens with zero attached hydrogens (tertiary/aromatic N) is 3. The fourth-order valence-electron chi connectivity index (χ4n) is 4.89. The van der Waals surface area contributed by atoms with Gasteiger partial charge in [-0.1, -0.05) is 80.6 Å². The Morgan fingerprint density at radius 1 is 0.870 bits per heavy atom. The number of methoxy groups -OCH3 is 1. The second kappa shape index (κ2) is 13.7. The highest BCUT2D eigenvalue weighted by molar-refractivity contribution is 7.92. The van der Waals surface area contributed by atoms with Crippen LogP contribution in [0, 0.1) is 0 Å². The summed E-state index contributed by atoms with van der Waals surface area (Å²) in [5.41, 5.74) is 2.11. The van der Waals surface area contributed by atoms with Gasteiger partial charge in [-0.3, -0.25) is 4.72 Å². The molecule has 1 heterocycles. The summed E-state index contributed by atoms with van der Waals surface area (Å²) in [6, 6.07) is 25.8. The lowest BCUT2D eigenvalue weighted by Crippen LogP contribution is -2.39. The lowest BCUT2D eigenvalue weighted by Gasteiger charge is -2.28. The van der Waals surface area contributed by atoms with Gasteiger partial charge in [0.25, 0.3) is 0 Å². The Hall–Kier alpha value is -5.43. The van der Waals surface area contributed by atoms with Crippen LogP contribution < -0.4 is 30.1 Å². The van der Waals surface area contributed by atoms with Crippen LogP contribution in [0.15, 0.2) is 91.3 Å². The predicted octanol–water partition coefficient (Wildman–Crippen LogP) is 5.91. The van der Waals surface area contributed by atoms with Gasteiger partial charge in [-0.25, -0.2) is 18.2 Å². The maximum absolute atomic E-state index is 13.1. The van der Waals surface area contributed by atoms with Crippen LogP contribution >= 0.6 is 0 Å². The maximum atomic E-state index is 13.1. The molecule has 0 saturated heterocycles. The normalized spacial score (nSPS) is 11.5. The molecular weight excluding hydrogens is 606 g/mol. The third-order valence-corrected chi connectivity index (χ3v) is 7.70. The van der Waals surface area contributed by atoms with Crippen LogP contribution in [0.4, 0.5) is 22.1 Å². The number of amides is 2. The van der Waals surface area contributed by atoms with Gasteiger partial charge in [0.2, 0.25) is 16.0 Å². The minimum atomic E-state index is -3.52. The van der Waals surface area contributed by atoms with Gasteiger partial charge in [-0.15, -0.1) is 0 Å². The van der Waals surface area contributed by atoms with Gasteiger partial charge < -0.3 is 25.4 Å². The smallest absolute Gasteiger partial charge is 0.326 e. The van der Waals surface area contributed by atoms with Gasteiger partial charge in [0, 0.05) is 34.8 Å². The number of rotatable bonds is 12. The monoisotopic (exact) mass is 641 g/mol. The summed E-state index contributed by atoms with van der Waals surface area (Å²) in [5.74, 6) is 1.28. The van der Waals surface area contributed by atoms with Crippen molar-refractivity contribution in [3.05, 3.63) is 102 Å². The molecule has 0 bridgehead atoms. The van der Waals surface area contributed by atoms with E-state index < -0.39 is 21.5 Å². The van der Waals surface area contributed by atoms with Crippen molar-refractivity contribution >= 4 is 44.1 Å². The third-order valence-electron chi connectivity index (χ3n) is 7.11. The molecule has 0 unspecified atom stereocenters. The highest BCUT2D eigenvalue weighted by Crippen LogP contribution is 2.38. The van der Waals surface area contributed by atoms with E-state index in [0.717, 1.165) is 28.2 Å². The van der Waals surface area contributed by atoms with Crippen LogP contribution in [0.25, 0.3) is 10.8 Å². The average molecular weight is 642 g/mol. The molecule has 0 aliphatic heterocycles. The van der Waals surface area contributed by atoms with Gasteiger partial charge in [-0.05, 0) is 23.8 Å². The number of hydrogen-bond donors (Lipinski definition) is 4. The number of anilines is 3. The number of para-hydroxylation sites is 1. The van der Waals surface area contributed by atoms with Crippen molar-refractivity contribution in [2.45, 2.75) is 25.8 Å². The highest BCUT2D eigenvalue weighted by Gasteiger charge is 2.27. The highest BCUT2D eigenvalue weighted by atomic mass is 32.2. The molecule has 4 N–H and O–H groups in total. The summed E-state index contributed by atoms with van der Waals surface area (Å²) in [6.07, 6.45) is 2.46. The fourth-order valence-corrected chi connectivity index (χ4v) is 5.45. The Morgan fingerprint density at radius 3 is 2.35 bits per heavy atom. The summed E-state index contributed by atoms with van der Waals surface area (Å²) in [7, 11) is -2.04. The number of hydrogen-bond acceptors (Lipinski definition) is 9. The van der Waals surface area contributed by atoms with E-state index in [2.05, 4.69) is 35.6 Å². The minimum absolute atomic E-state index is 0.127. The van der Waals surface area contributed by atoms with E-state index in [1.165, 1.54) is 13.4 Å². The second-order valence-electron chi connectivity index (χ2n) is 11.1. The zero-order valence-electron chi connectivity index (χ0n) is 25.9. The number of aromatic nitrogens is 3. The zero-order valence-corrected chi connectivity index (χ0v) is 26.7. The van der Waals surface area contributed by atoms with Gasteiger partial charge in [-0.2, -0.15) is 9.97 Å². The number of fused-ring (bicyclic) bond motifs is 1. The quantitative estimate of drug-likeness (QED) is 0.130. The van der Waals surface area contributed by atoms with Crippen molar-refractivity contribution in [2.24, 2.45) is 0 Å². The van der Waals surface area contributed by atoms with E-state index in [1.807, 2.05) is 74.5 Å². The standard InChI is InChI=1S/C33H35N7O5S/c1-33(2,25-15-10-16-27(29(25)44-3)40-46(4,42)43)20-35-31(41)38-26-17-18-28(24-14-9-8-13-23(24)26)45-32-37-21-36-30(39-32)34-19-22-11-6-5-7-12-22/h5-18,21,40H,19-20H2,1-4H3,(H2,35,38,41)(H,34,36,37,39). The van der Waals surface area contributed by atoms with E-state index in [4.69, 9.17) is 9.47 Å². The van der Waals surface area contributed by atoms with Gasteiger partial charge in [0.1, 0.15) is 17.8 Å². The van der Waals surface area contributed by atoms with Crippen LogP contribution in [0.3, 0.4) is 0 Å². The molecule has 0 spiro atoms. The molecule has 238 valence electrons. The molecule has 1 aromatic heterocycles. The summed E-state index contributed by atoms with van der Waals surface area (Å²) in [5, 5.41) is 10.5. The Labute approximate surface area is 267 Å². The molecule has 5 aromatic rings. The SMILES string of the molecule is COc1c(NS(C)(=O)=O)cccc1C(C)(C)CNC(=O)Nc1ccc(Oc2ncnc(NCc3ccccc3)n2)c2ccccc12. The third kappa shape index (κ3) is 7.99. The summed E-state index contributed by atoms with van der Waals surface area (Å²) < 4.78 is 37.8. The summed E-state index contributed by atoms with van der Waals surface area (Å²) >= 11 is 0. The van der Waals surface area contributed by atoms with Gasteiger partial charge >= 0.3 is 12.0 Å². The Kier molecular flexibility index (Phi) is 9.52. The Morgan fingerprint density at radius 2 is 1.61 bits per heavy atom. The van der Waals surface area contributed by atoms with Crippen molar-refractivity contribution < 1.29 is 22.7 Å². The molecule has 0 aliphatic rings. The van der Waals surface area contributed by atoms with E-state index in [9.17, 15) is 13.2 Å². The number of benzene rings is 4. The van der Waals surface area contributed by atoms with Crippen LogP contribution in [-0.2, 0) is 22.0 Å². The predicted molar refractivity (Wildman–Crippen MR) is 179 cm³/mol. The Bertz CT molecular complexity index is 1950. The number of carbonyl (C=O) groups excluding carboxylic acids is 1. The number of carbonyl (C=O) groups is 1. The second-order valence-corrected chi connectivity index (χ2v) is 12.9. The first kappa shape index (κ1) is 32.0. The number of nitrogens with one attached hydrogen (secondary N) is 4. The zero-order chi connectivity index (χ0) is 32.7. The van der Waals surface area contributed by atoms with Crippen molar-refractivity contribution in [1.82, 2.24) is 20.3 Å². The lowest BCUT2D eigenvalue weighted by atomic mass is 9.83. The number of urea groups is 1. The van der Waals surface area contributed by atoms with E-state index >= 15 is 0 Å². The van der Waals surface area contributed by atoms with Crippen LogP contribution in [0.1, 0.15) is 25.0 Å². The first-order valence-corrected chi connectivity index (χ1v) is 16.3. The van der Waals surface area contributed by atoms with Crippen molar-refractivity contribution in [2.75, 3.05) is 35.3 Å². The van der Waals surface area contributed by atoms with E-state index in [0.29, 0.717) is 35.4 Å².